The van der Waals surface area contributed by atoms with Crippen LogP contribution < -0.4 is 14.5 Å². The van der Waals surface area contributed by atoms with Crippen molar-refractivity contribution in [2.45, 2.75) is 13.8 Å². The van der Waals surface area contributed by atoms with Crippen molar-refractivity contribution in [3.05, 3.63) is 53.6 Å². The zero-order valence-electron chi connectivity index (χ0n) is 16.1. The van der Waals surface area contributed by atoms with Gasteiger partial charge in [0, 0.05) is 37.6 Å². The molecule has 0 amide bonds. The second-order valence-corrected chi connectivity index (χ2v) is 8.86. The van der Waals surface area contributed by atoms with Gasteiger partial charge in [0.05, 0.1) is 17.0 Å². The van der Waals surface area contributed by atoms with Crippen LogP contribution in [-0.4, -0.2) is 51.4 Å². The Labute approximate surface area is 165 Å². The molecule has 8 heteroatoms. The minimum Gasteiger partial charge on any atom is -0.478 e. The van der Waals surface area contributed by atoms with Gasteiger partial charge < -0.3 is 14.9 Å². The van der Waals surface area contributed by atoms with Crippen LogP contribution in [0.4, 0.5) is 17.1 Å². The van der Waals surface area contributed by atoms with Crippen molar-refractivity contribution >= 4 is 33.1 Å². The second-order valence-electron chi connectivity index (χ2n) is 6.85. The molecule has 0 saturated carbocycles. The van der Waals surface area contributed by atoms with E-state index in [9.17, 15) is 18.3 Å². The Morgan fingerprint density at radius 1 is 1.04 bits per heavy atom. The lowest BCUT2D eigenvalue weighted by Crippen LogP contribution is -2.46. The number of aromatic carboxylic acids is 1. The molecule has 28 heavy (non-hydrogen) atoms. The van der Waals surface area contributed by atoms with E-state index in [1.165, 1.54) is 30.3 Å². The molecule has 3 rings (SSSR count). The number of hydrogen-bond donors (Lipinski definition) is 2. The average molecular weight is 404 g/mol. The fraction of sp³-hybridized carbons (Fsp3) is 0.350. The Bertz CT molecular complexity index is 967. The van der Waals surface area contributed by atoms with E-state index in [1.807, 2.05) is 6.07 Å². The summed E-state index contributed by atoms with van der Waals surface area (Å²) in [5.41, 5.74) is 3.24. The first-order valence-electron chi connectivity index (χ1n) is 9.23. The van der Waals surface area contributed by atoms with Crippen molar-refractivity contribution in [1.82, 2.24) is 0 Å². The summed E-state index contributed by atoms with van der Waals surface area (Å²) in [5.74, 6) is -1.27. The summed E-state index contributed by atoms with van der Waals surface area (Å²) < 4.78 is 26.0. The number of sulfonamides is 1. The summed E-state index contributed by atoms with van der Waals surface area (Å²) in [6.07, 6.45) is 0. The zero-order chi connectivity index (χ0) is 20.3. The predicted octanol–water partition coefficient (Wildman–Crippen LogP) is 2.78. The summed E-state index contributed by atoms with van der Waals surface area (Å²) in [7, 11) is -3.54. The highest BCUT2D eigenvalue weighted by atomic mass is 32.2. The van der Waals surface area contributed by atoms with Gasteiger partial charge in [0.1, 0.15) is 0 Å². The van der Waals surface area contributed by atoms with Crippen LogP contribution >= 0.6 is 0 Å². The van der Waals surface area contributed by atoms with Crippen LogP contribution in [0.2, 0.25) is 0 Å². The molecule has 0 aliphatic carbocycles. The zero-order valence-corrected chi connectivity index (χ0v) is 16.9. The monoisotopic (exact) mass is 403 g/mol. The molecule has 2 N–H and O–H groups in total. The highest BCUT2D eigenvalue weighted by Crippen LogP contribution is 2.26. The second kappa shape index (κ2) is 8.10. The lowest BCUT2D eigenvalue weighted by molar-refractivity contribution is 0.0698. The third-order valence-electron chi connectivity index (χ3n) is 4.89. The fourth-order valence-corrected chi connectivity index (χ4v) is 3.94. The molecule has 150 valence electrons. The van der Waals surface area contributed by atoms with Gasteiger partial charge in [-0.25, -0.2) is 13.2 Å². The largest absolute Gasteiger partial charge is 0.478 e. The summed E-state index contributed by atoms with van der Waals surface area (Å²) in [5, 5.41) is 9.51. The number of aryl methyl sites for hydroxylation is 1. The number of nitrogens with zero attached hydrogens (tertiary/aromatic N) is 2. The molecular weight excluding hydrogens is 378 g/mol. The van der Waals surface area contributed by atoms with E-state index < -0.39 is 16.0 Å². The SMILES string of the molecule is CCS(=O)(=O)Nc1ccc(N2CCN(c3cccc(C)c3)CC2)cc1C(=O)O. The van der Waals surface area contributed by atoms with E-state index in [1.54, 1.807) is 6.07 Å². The Balaban J connectivity index is 1.76. The van der Waals surface area contributed by atoms with Gasteiger partial charge in [0.2, 0.25) is 10.0 Å². The summed E-state index contributed by atoms with van der Waals surface area (Å²) in [4.78, 5) is 16.1. The predicted molar refractivity (Wildman–Crippen MR) is 112 cm³/mol. The highest BCUT2D eigenvalue weighted by molar-refractivity contribution is 7.92. The summed E-state index contributed by atoms with van der Waals surface area (Å²) >= 11 is 0. The molecule has 0 atom stereocenters. The van der Waals surface area contributed by atoms with E-state index in [-0.39, 0.29) is 17.0 Å². The molecule has 0 aromatic heterocycles. The van der Waals surface area contributed by atoms with Gasteiger partial charge in [-0.3, -0.25) is 4.72 Å². The molecule has 1 heterocycles. The number of nitrogens with one attached hydrogen (secondary N) is 1. The summed E-state index contributed by atoms with van der Waals surface area (Å²) in [6, 6.07) is 13.2. The van der Waals surface area contributed by atoms with Crippen molar-refractivity contribution < 1.29 is 18.3 Å². The fourth-order valence-electron chi connectivity index (χ4n) is 3.28. The molecule has 0 unspecified atom stereocenters. The smallest absolute Gasteiger partial charge is 0.337 e. The lowest BCUT2D eigenvalue weighted by Gasteiger charge is -2.37. The van der Waals surface area contributed by atoms with Crippen LogP contribution in [0, 0.1) is 6.92 Å². The number of carbonyl (C=O) groups is 1. The van der Waals surface area contributed by atoms with Crippen molar-refractivity contribution in [3.63, 3.8) is 0 Å². The van der Waals surface area contributed by atoms with Crippen LogP contribution in [0.3, 0.4) is 0 Å². The molecule has 0 spiro atoms. The van der Waals surface area contributed by atoms with Gasteiger partial charge in [0.15, 0.2) is 0 Å². The van der Waals surface area contributed by atoms with Crippen LogP contribution in [0.5, 0.6) is 0 Å². The standard InChI is InChI=1S/C20H25N3O4S/c1-3-28(26,27)21-19-8-7-17(14-18(19)20(24)25)23-11-9-22(10-12-23)16-6-4-5-15(2)13-16/h4-8,13-14,21H,3,9-12H2,1-2H3,(H,24,25). The molecule has 7 nitrogen and oxygen atoms in total. The Kier molecular flexibility index (Phi) is 5.79. The van der Waals surface area contributed by atoms with Gasteiger partial charge in [-0.1, -0.05) is 12.1 Å². The van der Waals surface area contributed by atoms with E-state index >= 15 is 0 Å². The van der Waals surface area contributed by atoms with E-state index in [4.69, 9.17) is 0 Å². The normalized spacial score (nSPS) is 14.8. The third-order valence-corrected chi connectivity index (χ3v) is 6.18. The quantitative estimate of drug-likeness (QED) is 0.771. The van der Waals surface area contributed by atoms with Crippen molar-refractivity contribution in [3.8, 4) is 0 Å². The molecule has 1 aliphatic heterocycles. The van der Waals surface area contributed by atoms with Crippen LogP contribution in [-0.2, 0) is 10.0 Å². The number of carboxylic acid groups (broad SMARTS) is 1. The minimum atomic E-state index is -3.54. The molecular formula is C20H25N3O4S. The molecule has 1 saturated heterocycles. The van der Waals surface area contributed by atoms with Gasteiger partial charge >= 0.3 is 5.97 Å². The highest BCUT2D eigenvalue weighted by Gasteiger charge is 2.21. The molecule has 1 fully saturated rings. The van der Waals surface area contributed by atoms with Crippen LogP contribution in [0.1, 0.15) is 22.8 Å². The van der Waals surface area contributed by atoms with E-state index in [2.05, 4.69) is 39.6 Å². The molecule has 0 radical (unpaired) electrons. The first-order valence-corrected chi connectivity index (χ1v) is 10.9. The average Bonchev–Trinajstić information content (AvgIpc) is 2.68. The summed E-state index contributed by atoms with van der Waals surface area (Å²) in [6.45, 7) is 6.75. The van der Waals surface area contributed by atoms with Gasteiger partial charge in [-0.2, -0.15) is 0 Å². The molecule has 0 bridgehead atoms. The van der Waals surface area contributed by atoms with Gasteiger partial charge in [-0.05, 0) is 49.7 Å². The van der Waals surface area contributed by atoms with Gasteiger partial charge in [-0.15, -0.1) is 0 Å². The number of rotatable bonds is 6. The molecule has 1 aliphatic rings. The lowest BCUT2D eigenvalue weighted by atomic mass is 10.1. The van der Waals surface area contributed by atoms with E-state index in [0.29, 0.717) is 0 Å². The topological polar surface area (TPSA) is 90.0 Å². The number of carboxylic acids is 1. The first-order chi connectivity index (χ1) is 13.3. The first kappa shape index (κ1) is 20.0. The van der Waals surface area contributed by atoms with Crippen molar-refractivity contribution in [1.29, 1.82) is 0 Å². The Morgan fingerprint density at radius 2 is 1.64 bits per heavy atom. The molecule has 2 aromatic carbocycles. The number of benzene rings is 2. The third kappa shape index (κ3) is 4.56. The Morgan fingerprint density at radius 3 is 2.18 bits per heavy atom. The van der Waals surface area contributed by atoms with Crippen LogP contribution in [0.25, 0.3) is 0 Å². The van der Waals surface area contributed by atoms with Gasteiger partial charge in [0.25, 0.3) is 0 Å². The van der Waals surface area contributed by atoms with E-state index in [0.717, 1.165) is 31.9 Å². The maximum Gasteiger partial charge on any atom is 0.337 e. The Hall–Kier alpha value is -2.74. The minimum absolute atomic E-state index is 0.0457. The number of anilines is 3. The number of hydrogen-bond acceptors (Lipinski definition) is 5. The van der Waals surface area contributed by atoms with Crippen LogP contribution in [0.15, 0.2) is 42.5 Å². The molecule has 2 aromatic rings. The number of piperazine rings is 1. The maximum absolute atomic E-state index is 11.8. The van der Waals surface area contributed by atoms with Crippen molar-refractivity contribution in [2.24, 2.45) is 0 Å². The van der Waals surface area contributed by atoms with Crippen molar-refractivity contribution in [2.75, 3.05) is 46.5 Å². The maximum atomic E-state index is 11.8.